The van der Waals surface area contributed by atoms with Gasteiger partial charge in [-0.3, -0.25) is 0 Å². The smallest absolute Gasteiger partial charge is 0.407 e. The largest absolute Gasteiger partial charge is 0.618 e. The van der Waals surface area contributed by atoms with Gasteiger partial charge in [0.15, 0.2) is 5.52 Å². The maximum absolute atomic E-state index is 12.6. The van der Waals surface area contributed by atoms with Gasteiger partial charge in [-0.1, -0.05) is 6.92 Å². The van der Waals surface area contributed by atoms with Gasteiger partial charge in [0.05, 0.1) is 17.4 Å². The van der Waals surface area contributed by atoms with Crippen LogP contribution < -0.4 is 14.8 Å². The summed E-state index contributed by atoms with van der Waals surface area (Å²) < 4.78 is 19.6. The first-order chi connectivity index (χ1) is 15.2. The lowest BCUT2D eigenvalue weighted by molar-refractivity contribution is -0.575. The summed E-state index contributed by atoms with van der Waals surface area (Å²) in [4.78, 5) is 16.4. The normalized spacial score (nSPS) is 11.8. The van der Waals surface area contributed by atoms with Gasteiger partial charge in [-0.2, -0.15) is 4.73 Å². The summed E-state index contributed by atoms with van der Waals surface area (Å²) in [5.74, 6) is 1.40. The molecule has 0 atom stereocenters. The Bertz CT molecular complexity index is 1090. The maximum Gasteiger partial charge on any atom is 0.407 e. The number of fused-ring (bicyclic) bond motifs is 3. The molecule has 0 aliphatic heterocycles. The molecule has 1 amide bonds. The number of alkyl carbamates (subject to hydrolysis) is 1. The highest BCUT2D eigenvalue weighted by atomic mass is 16.6. The minimum Gasteiger partial charge on any atom is -0.618 e. The monoisotopic (exact) mass is 444 g/mol. The van der Waals surface area contributed by atoms with Crippen LogP contribution in [-0.4, -0.2) is 41.0 Å². The van der Waals surface area contributed by atoms with E-state index in [4.69, 9.17) is 14.2 Å². The topological polar surface area (TPSA) is 102 Å². The Morgan fingerprint density at radius 3 is 2.75 bits per heavy atom. The Morgan fingerprint density at radius 2 is 2.06 bits per heavy atom. The lowest BCUT2D eigenvalue weighted by Crippen LogP contribution is -2.34. The van der Waals surface area contributed by atoms with Crippen molar-refractivity contribution in [1.29, 1.82) is 0 Å². The lowest BCUT2D eigenvalue weighted by atomic mass is 10.2. The number of nitrogens with one attached hydrogen (secondary N) is 1. The summed E-state index contributed by atoms with van der Waals surface area (Å²) in [5.41, 5.74) is 1.50. The Labute approximate surface area is 187 Å². The molecule has 2 aromatic heterocycles. The van der Waals surface area contributed by atoms with Gasteiger partial charge < -0.3 is 29.3 Å². The van der Waals surface area contributed by atoms with Gasteiger partial charge in [0.1, 0.15) is 30.4 Å². The molecular weight excluding hydrogens is 412 g/mol. The second kappa shape index (κ2) is 10.0. The van der Waals surface area contributed by atoms with Gasteiger partial charge in [0.2, 0.25) is 11.7 Å². The number of carbonyl (C=O) groups excluding carboxylic acids is 1. The molecule has 174 valence electrons. The van der Waals surface area contributed by atoms with Crippen molar-refractivity contribution in [2.45, 2.75) is 59.8 Å². The summed E-state index contributed by atoms with van der Waals surface area (Å²) >= 11 is 0. The molecule has 0 spiro atoms. The fraction of sp³-hybridized carbons (Fsp3) is 0.522. The summed E-state index contributed by atoms with van der Waals surface area (Å²) in [7, 11) is 0. The van der Waals surface area contributed by atoms with E-state index in [2.05, 4.69) is 21.8 Å². The minimum atomic E-state index is -0.551. The van der Waals surface area contributed by atoms with Crippen LogP contribution in [-0.2, 0) is 22.6 Å². The molecule has 0 saturated heterocycles. The number of pyridine rings is 1. The number of imidazole rings is 1. The molecule has 1 aromatic carbocycles. The number of carbonyl (C=O) groups is 1. The Hall–Kier alpha value is -3.07. The zero-order chi connectivity index (χ0) is 23.3. The van der Waals surface area contributed by atoms with Crippen LogP contribution in [0.3, 0.4) is 0 Å². The van der Waals surface area contributed by atoms with E-state index >= 15 is 0 Å². The van der Waals surface area contributed by atoms with Crippen molar-refractivity contribution >= 4 is 28.0 Å². The summed E-state index contributed by atoms with van der Waals surface area (Å²) in [6.45, 7) is 11.8. The van der Waals surface area contributed by atoms with E-state index in [1.807, 2.05) is 33.8 Å². The number of hydrogen-bond donors (Lipinski definition) is 1. The molecule has 0 unspecified atom stereocenters. The highest BCUT2D eigenvalue weighted by Gasteiger charge is 2.19. The van der Waals surface area contributed by atoms with Crippen LogP contribution in [0.1, 0.15) is 46.9 Å². The molecule has 0 fully saturated rings. The minimum absolute atomic E-state index is 0.266. The van der Waals surface area contributed by atoms with Crippen molar-refractivity contribution in [2.24, 2.45) is 0 Å². The number of benzene rings is 1. The van der Waals surface area contributed by atoms with Crippen LogP contribution in [0.25, 0.3) is 21.9 Å². The molecular formula is C23H32N4O5. The van der Waals surface area contributed by atoms with E-state index in [1.165, 1.54) is 6.20 Å². The van der Waals surface area contributed by atoms with E-state index in [1.54, 1.807) is 12.1 Å². The maximum atomic E-state index is 12.6. The number of nitrogens with zero attached hydrogens (tertiary/aromatic N) is 3. The number of aromatic nitrogens is 3. The van der Waals surface area contributed by atoms with E-state index < -0.39 is 11.7 Å². The van der Waals surface area contributed by atoms with Gasteiger partial charge in [0.25, 0.3) is 0 Å². The second-order valence-corrected chi connectivity index (χ2v) is 8.46. The van der Waals surface area contributed by atoms with Crippen LogP contribution in [0.4, 0.5) is 4.79 Å². The van der Waals surface area contributed by atoms with Crippen LogP contribution in [0, 0.1) is 5.21 Å². The fourth-order valence-corrected chi connectivity index (χ4v) is 3.46. The van der Waals surface area contributed by atoms with Crippen molar-refractivity contribution in [1.82, 2.24) is 14.9 Å². The van der Waals surface area contributed by atoms with Crippen LogP contribution in [0.2, 0.25) is 0 Å². The zero-order valence-electron chi connectivity index (χ0n) is 19.4. The summed E-state index contributed by atoms with van der Waals surface area (Å²) in [5, 5.41) is 16.0. The van der Waals surface area contributed by atoms with Gasteiger partial charge in [-0.05, 0) is 46.2 Å². The van der Waals surface area contributed by atoms with E-state index in [9.17, 15) is 10.0 Å². The lowest BCUT2D eigenvalue weighted by Gasteiger charge is -2.19. The first kappa shape index (κ1) is 23.6. The fourth-order valence-electron chi connectivity index (χ4n) is 3.46. The van der Waals surface area contributed by atoms with Gasteiger partial charge in [-0.25, -0.2) is 9.78 Å². The average Bonchev–Trinajstić information content (AvgIpc) is 3.06. The molecule has 3 rings (SSSR count). The third-order valence-corrected chi connectivity index (χ3v) is 4.70. The van der Waals surface area contributed by atoms with Gasteiger partial charge >= 0.3 is 6.09 Å². The van der Waals surface area contributed by atoms with Crippen LogP contribution in [0.15, 0.2) is 24.4 Å². The number of hydrogen-bond acceptors (Lipinski definition) is 6. The number of rotatable bonds is 9. The predicted octanol–water partition coefficient (Wildman–Crippen LogP) is 3.67. The van der Waals surface area contributed by atoms with Crippen molar-refractivity contribution in [3.8, 4) is 5.75 Å². The van der Waals surface area contributed by atoms with Crippen LogP contribution in [0.5, 0.6) is 5.75 Å². The van der Waals surface area contributed by atoms with E-state index in [-0.39, 0.29) is 6.61 Å². The van der Waals surface area contributed by atoms with Crippen molar-refractivity contribution in [3.63, 3.8) is 0 Å². The standard InChI is InChI=1S/C23H32N4O5/c1-6-11-26-20(15-30-7-2)25-18-14-27(29)19-9-8-16(13-17(19)21(18)26)31-12-10-24-22(28)32-23(3,4)5/h8-9,13-14H,6-7,10-12,15H2,1-5H3,(H,24,28). The third-order valence-electron chi connectivity index (χ3n) is 4.70. The quantitative estimate of drug-likeness (QED) is 0.307. The first-order valence-corrected chi connectivity index (χ1v) is 11.0. The predicted molar refractivity (Wildman–Crippen MR) is 122 cm³/mol. The van der Waals surface area contributed by atoms with Crippen molar-refractivity contribution < 1.29 is 23.7 Å². The highest BCUT2D eigenvalue weighted by Crippen LogP contribution is 2.28. The molecule has 2 heterocycles. The first-order valence-electron chi connectivity index (χ1n) is 11.0. The number of aryl methyl sites for hydroxylation is 1. The number of ether oxygens (including phenoxy) is 3. The molecule has 0 aliphatic rings. The summed E-state index contributed by atoms with van der Waals surface area (Å²) in [6, 6.07) is 5.33. The third kappa shape index (κ3) is 5.59. The second-order valence-electron chi connectivity index (χ2n) is 8.46. The Kier molecular flexibility index (Phi) is 7.40. The van der Waals surface area contributed by atoms with Gasteiger partial charge in [0, 0.05) is 19.2 Å². The molecule has 3 aromatic rings. The SMILES string of the molecule is CCCn1c(COCC)nc2c[n+]([O-])c3ccc(OCCNC(=O)OC(C)(C)C)cc3c21. The van der Waals surface area contributed by atoms with Gasteiger partial charge in [-0.15, -0.1) is 0 Å². The molecule has 0 aliphatic carbocycles. The molecule has 0 bridgehead atoms. The average molecular weight is 445 g/mol. The molecule has 1 N–H and O–H groups in total. The Morgan fingerprint density at radius 1 is 1.28 bits per heavy atom. The molecule has 32 heavy (non-hydrogen) atoms. The van der Waals surface area contributed by atoms with E-state index in [0.717, 1.165) is 34.4 Å². The molecule has 0 saturated carbocycles. The highest BCUT2D eigenvalue weighted by molar-refractivity contribution is 6.01. The van der Waals surface area contributed by atoms with E-state index in [0.29, 0.717) is 36.5 Å². The molecule has 9 heteroatoms. The van der Waals surface area contributed by atoms with Crippen molar-refractivity contribution in [3.05, 3.63) is 35.4 Å². The van der Waals surface area contributed by atoms with Crippen molar-refractivity contribution in [2.75, 3.05) is 19.8 Å². The Balaban J connectivity index is 1.85. The molecule has 0 radical (unpaired) electrons. The summed E-state index contributed by atoms with van der Waals surface area (Å²) in [6.07, 6.45) is 1.94. The zero-order valence-corrected chi connectivity index (χ0v) is 19.4. The van der Waals surface area contributed by atoms with Crippen LogP contribution >= 0.6 is 0 Å². The number of amides is 1. The molecule has 9 nitrogen and oxygen atoms in total.